The maximum absolute atomic E-state index is 12.2. The lowest BCUT2D eigenvalue weighted by molar-refractivity contribution is -0.120. The lowest BCUT2D eigenvalue weighted by atomic mass is 10.2. The summed E-state index contributed by atoms with van der Waals surface area (Å²) in [6.45, 7) is -0.183. The van der Waals surface area contributed by atoms with Crippen molar-refractivity contribution in [3.8, 4) is 11.4 Å². The molecule has 3 N–H and O–H groups in total. The van der Waals surface area contributed by atoms with Crippen molar-refractivity contribution in [2.24, 2.45) is 5.73 Å². The van der Waals surface area contributed by atoms with Crippen molar-refractivity contribution in [1.29, 1.82) is 0 Å². The maximum Gasteiger partial charge on any atom is 0.255 e. The Morgan fingerprint density at radius 3 is 2.50 bits per heavy atom. The summed E-state index contributed by atoms with van der Waals surface area (Å²) in [6, 6.07) is 16.4. The summed E-state index contributed by atoms with van der Waals surface area (Å²) in [5.74, 6) is -0.187. The lowest BCUT2D eigenvalue weighted by Crippen LogP contribution is -2.20. The van der Waals surface area contributed by atoms with Gasteiger partial charge in [-0.1, -0.05) is 18.2 Å². The highest BCUT2D eigenvalue weighted by molar-refractivity contribution is 5.92. The molecular formula is C19H18N4O3. The van der Waals surface area contributed by atoms with Crippen molar-refractivity contribution in [1.82, 2.24) is 9.78 Å². The molecule has 0 atom stereocenters. The molecule has 0 spiro atoms. The molecule has 0 saturated carbocycles. The van der Waals surface area contributed by atoms with E-state index >= 15 is 0 Å². The molecule has 2 amide bonds. The molecule has 7 nitrogen and oxygen atoms in total. The average molecular weight is 350 g/mol. The van der Waals surface area contributed by atoms with E-state index in [1.54, 1.807) is 35.1 Å². The summed E-state index contributed by atoms with van der Waals surface area (Å²) in [6.07, 6.45) is 3.72. The third-order valence-electron chi connectivity index (χ3n) is 3.54. The second-order valence-corrected chi connectivity index (χ2v) is 5.63. The number of carbonyl (C=O) groups excluding carboxylic acids is 2. The molecule has 0 bridgehead atoms. The fraction of sp³-hybridized carbons (Fsp3) is 0.105. The zero-order valence-corrected chi connectivity index (χ0v) is 14.0. The molecule has 1 heterocycles. The van der Waals surface area contributed by atoms with Crippen molar-refractivity contribution >= 4 is 17.5 Å². The van der Waals surface area contributed by atoms with Gasteiger partial charge in [0.2, 0.25) is 5.91 Å². The Morgan fingerprint density at radius 1 is 1.08 bits per heavy atom. The van der Waals surface area contributed by atoms with Gasteiger partial charge in [0.05, 0.1) is 18.3 Å². The first kappa shape index (κ1) is 17.2. The molecule has 3 aromatic rings. The lowest BCUT2D eigenvalue weighted by Gasteiger charge is -2.07. The van der Waals surface area contributed by atoms with Crippen molar-refractivity contribution < 1.29 is 14.3 Å². The zero-order chi connectivity index (χ0) is 18.4. The number of rotatable bonds is 7. The topological polar surface area (TPSA) is 99.2 Å². The van der Waals surface area contributed by atoms with Crippen molar-refractivity contribution in [3.63, 3.8) is 0 Å². The molecule has 132 valence electrons. The molecule has 0 aliphatic carbocycles. The monoisotopic (exact) mass is 350 g/mol. The van der Waals surface area contributed by atoms with Crippen LogP contribution < -0.4 is 15.8 Å². The Kier molecular flexibility index (Phi) is 5.28. The number of hydrogen-bond acceptors (Lipinski definition) is 4. The highest BCUT2D eigenvalue weighted by Gasteiger charge is 2.08. The van der Waals surface area contributed by atoms with E-state index in [4.69, 9.17) is 10.5 Å². The maximum atomic E-state index is 12.2. The molecule has 0 aliphatic rings. The second kappa shape index (κ2) is 7.98. The molecule has 7 heteroatoms. The SMILES string of the molecule is NC(=O)COc1ccc(NC(=O)Cc2cnn(-c3ccccc3)c2)cc1. The van der Waals surface area contributed by atoms with Crippen LogP contribution in [0.3, 0.4) is 0 Å². The number of carbonyl (C=O) groups is 2. The summed E-state index contributed by atoms with van der Waals surface area (Å²) in [5.41, 5.74) is 7.41. The van der Waals surface area contributed by atoms with Gasteiger partial charge in [-0.15, -0.1) is 0 Å². The third-order valence-corrected chi connectivity index (χ3v) is 3.54. The fourth-order valence-electron chi connectivity index (χ4n) is 2.35. The average Bonchev–Trinajstić information content (AvgIpc) is 3.10. The molecular weight excluding hydrogens is 332 g/mol. The predicted molar refractivity (Wildman–Crippen MR) is 97.0 cm³/mol. The van der Waals surface area contributed by atoms with Gasteiger partial charge in [0.25, 0.3) is 5.91 Å². The van der Waals surface area contributed by atoms with Crippen LogP contribution in [0.2, 0.25) is 0 Å². The zero-order valence-electron chi connectivity index (χ0n) is 14.0. The molecule has 0 aliphatic heterocycles. The minimum Gasteiger partial charge on any atom is -0.484 e. The fourth-order valence-corrected chi connectivity index (χ4v) is 2.35. The van der Waals surface area contributed by atoms with Crippen molar-refractivity contribution in [2.75, 3.05) is 11.9 Å². The van der Waals surface area contributed by atoms with Gasteiger partial charge in [-0.25, -0.2) is 4.68 Å². The summed E-state index contributed by atoms with van der Waals surface area (Å²) >= 11 is 0. The number of nitrogens with two attached hydrogens (primary N) is 1. The number of nitrogens with one attached hydrogen (secondary N) is 1. The van der Waals surface area contributed by atoms with Gasteiger partial charge >= 0.3 is 0 Å². The number of anilines is 1. The van der Waals surface area contributed by atoms with E-state index in [1.165, 1.54) is 0 Å². The van der Waals surface area contributed by atoms with Crippen molar-refractivity contribution in [2.45, 2.75) is 6.42 Å². The highest BCUT2D eigenvalue weighted by atomic mass is 16.5. The Balaban J connectivity index is 1.56. The minimum atomic E-state index is -0.543. The molecule has 1 aromatic heterocycles. The van der Waals surface area contributed by atoms with Gasteiger partial charge in [0, 0.05) is 11.9 Å². The van der Waals surface area contributed by atoms with E-state index < -0.39 is 5.91 Å². The van der Waals surface area contributed by atoms with Gasteiger partial charge in [-0.3, -0.25) is 9.59 Å². The van der Waals surface area contributed by atoms with E-state index in [-0.39, 0.29) is 18.9 Å². The van der Waals surface area contributed by atoms with E-state index in [0.29, 0.717) is 11.4 Å². The number of hydrogen-bond donors (Lipinski definition) is 2. The van der Waals surface area contributed by atoms with E-state index in [0.717, 1.165) is 11.3 Å². The standard InChI is InChI=1S/C19H18N4O3/c20-18(24)13-26-17-8-6-15(7-9-17)22-19(25)10-14-11-21-23(12-14)16-4-2-1-3-5-16/h1-9,11-12H,10,13H2,(H2,20,24)(H,22,25). The number of ether oxygens (including phenoxy) is 1. The molecule has 2 aromatic carbocycles. The third kappa shape index (κ3) is 4.70. The number of nitrogens with zero attached hydrogens (tertiary/aromatic N) is 2. The summed E-state index contributed by atoms with van der Waals surface area (Å²) in [7, 11) is 0. The quantitative estimate of drug-likeness (QED) is 0.680. The normalized spacial score (nSPS) is 10.3. The Morgan fingerprint density at radius 2 is 1.81 bits per heavy atom. The van der Waals surface area contributed by atoms with Gasteiger partial charge < -0.3 is 15.8 Å². The number of aromatic nitrogens is 2. The molecule has 0 unspecified atom stereocenters. The Labute approximate surface area is 150 Å². The van der Waals surface area contributed by atoms with Gasteiger partial charge in [-0.05, 0) is 42.0 Å². The molecule has 3 rings (SSSR count). The first-order chi connectivity index (χ1) is 12.6. The smallest absolute Gasteiger partial charge is 0.255 e. The van der Waals surface area contributed by atoms with Crippen LogP contribution in [-0.4, -0.2) is 28.2 Å². The molecule has 0 saturated heterocycles. The summed E-state index contributed by atoms with van der Waals surface area (Å²) < 4.78 is 6.90. The van der Waals surface area contributed by atoms with E-state index in [9.17, 15) is 9.59 Å². The molecule has 26 heavy (non-hydrogen) atoms. The van der Waals surface area contributed by atoms with Crippen LogP contribution >= 0.6 is 0 Å². The van der Waals surface area contributed by atoms with Crippen LogP contribution in [0.4, 0.5) is 5.69 Å². The van der Waals surface area contributed by atoms with Gasteiger partial charge in [0.15, 0.2) is 6.61 Å². The van der Waals surface area contributed by atoms with E-state index in [2.05, 4.69) is 10.4 Å². The largest absolute Gasteiger partial charge is 0.484 e. The first-order valence-corrected chi connectivity index (χ1v) is 8.00. The van der Waals surface area contributed by atoms with Gasteiger partial charge in [0.1, 0.15) is 5.75 Å². The predicted octanol–water partition coefficient (Wildman–Crippen LogP) is 1.92. The Hall–Kier alpha value is -3.61. The van der Waals surface area contributed by atoms with Crippen LogP contribution in [0.5, 0.6) is 5.75 Å². The number of benzene rings is 2. The highest BCUT2D eigenvalue weighted by Crippen LogP contribution is 2.16. The summed E-state index contributed by atoms with van der Waals surface area (Å²) in [5, 5.41) is 7.08. The molecule has 0 radical (unpaired) electrons. The Bertz CT molecular complexity index is 889. The molecule has 0 fully saturated rings. The number of amides is 2. The van der Waals surface area contributed by atoms with Crippen LogP contribution in [0, 0.1) is 0 Å². The number of para-hydroxylation sites is 1. The summed E-state index contributed by atoms with van der Waals surface area (Å²) in [4.78, 5) is 22.9. The van der Waals surface area contributed by atoms with Crippen LogP contribution in [0.25, 0.3) is 5.69 Å². The van der Waals surface area contributed by atoms with Crippen LogP contribution in [0.1, 0.15) is 5.56 Å². The van der Waals surface area contributed by atoms with E-state index in [1.807, 2.05) is 36.5 Å². The van der Waals surface area contributed by atoms with Gasteiger partial charge in [-0.2, -0.15) is 5.10 Å². The first-order valence-electron chi connectivity index (χ1n) is 8.00. The van der Waals surface area contributed by atoms with Crippen LogP contribution in [-0.2, 0) is 16.0 Å². The van der Waals surface area contributed by atoms with Crippen molar-refractivity contribution in [3.05, 3.63) is 72.6 Å². The number of primary amides is 1. The second-order valence-electron chi connectivity index (χ2n) is 5.63. The van der Waals surface area contributed by atoms with Crippen LogP contribution in [0.15, 0.2) is 67.0 Å². The minimum absolute atomic E-state index is 0.150.